The summed E-state index contributed by atoms with van der Waals surface area (Å²) >= 11 is 0. The van der Waals surface area contributed by atoms with Crippen molar-refractivity contribution in [1.82, 2.24) is 15.1 Å². The van der Waals surface area contributed by atoms with Crippen molar-refractivity contribution < 1.29 is 23.8 Å². The van der Waals surface area contributed by atoms with Crippen LogP contribution in [0.2, 0.25) is 0 Å². The predicted molar refractivity (Wildman–Crippen MR) is 92.3 cm³/mol. The van der Waals surface area contributed by atoms with Gasteiger partial charge in [0.15, 0.2) is 0 Å². The number of aromatic nitrogens is 2. The third-order valence-electron chi connectivity index (χ3n) is 4.42. The molecule has 9 heteroatoms. The lowest BCUT2D eigenvalue weighted by molar-refractivity contribution is -0.139. The molecule has 0 unspecified atom stereocenters. The fourth-order valence-corrected chi connectivity index (χ4v) is 3.00. The molecule has 0 spiro atoms. The highest BCUT2D eigenvalue weighted by Crippen LogP contribution is 2.25. The normalized spacial score (nSPS) is 15.9. The van der Waals surface area contributed by atoms with Crippen molar-refractivity contribution in [2.24, 2.45) is 0 Å². The molecule has 1 saturated heterocycles. The van der Waals surface area contributed by atoms with Crippen LogP contribution in [0, 0.1) is 5.82 Å². The van der Waals surface area contributed by atoms with E-state index in [1.807, 2.05) is 0 Å². The second-order valence-electron chi connectivity index (χ2n) is 6.36. The lowest BCUT2D eigenvalue weighted by Gasteiger charge is -2.36. The van der Waals surface area contributed by atoms with Crippen LogP contribution < -0.4 is 10.9 Å². The molecule has 1 aliphatic rings. The molecule has 0 aliphatic carbocycles. The van der Waals surface area contributed by atoms with E-state index in [4.69, 9.17) is 4.74 Å². The van der Waals surface area contributed by atoms with Gasteiger partial charge in [-0.2, -0.15) is 9.78 Å². The third-order valence-corrected chi connectivity index (χ3v) is 4.42. The van der Waals surface area contributed by atoms with Crippen molar-refractivity contribution in [1.29, 1.82) is 0 Å². The fourth-order valence-electron chi connectivity index (χ4n) is 3.00. The van der Waals surface area contributed by atoms with Crippen LogP contribution in [-0.4, -0.2) is 45.5 Å². The Labute approximate surface area is 153 Å². The Balaban J connectivity index is 1.88. The van der Waals surface area contributed by atoms with E-state index in [-0.39, 0.29) is 12.1 Å². The second kappa shape index (κ2) is 7.67. The Morgan fingerprint density at radius 1 is 1.19 bits per heavy atom. The molecular weight excluding hydrogens is 357 g/mol. The van der Waals surface area contributed by atoms with Crippen LogP contribution in [0.4, 0.5) is 4.39 Å². The van der Waals surface area contributed by atoms with Crippen molar-refractivity contribution in [3.63, 3.8) is 0 Å². The van der Waals surface area contributed by atoms with Gasteiger partial charge >= 0.3 is 5.97 Å². The number of carboxylic acids is 1. The summed E-state index contributed by atoms with van der Waals surface area (Å²) in [5, 5.41) is 16.0. The van der Waals surface area contributed by atoms with Crippen LogP contribution in [0.5, 0.6) is 0 Å². The zero-order chi connectivity index (χ0) is 19.4. The van der Waals surface area contributed by atoms with Crippen LogP contribution in [0.15, 0.2) is 41.2 Å². The van der Waals surface area contributed by atoms with Gasteiger partial charge < -0.3 is 15.2 Å². The molecule has 3 rings (SSSR count). The average Bonchev–Trinajstić information content (AvgIpc) is 2.63. The number of halogens is 1. The number of carbonyl (C=O) groups is 2. The minimum Gasteiger partial charge on any atom is -0.481 e. The van der Waals surface area contributed by atoms with Gasteiger partial charge in [0.05, 0.1) is 17.6 Å². The van der Waals surface area contributed by atoms with Gasteiger partial charge in [0.2, 0.25) is 0 Å². The molecule has 0 radical (unpaired) electrons. The summed E-state index contributed by atoms with van der Waals surface area (Å²) in [6.45, 7) is 0.687. The monoisotopic (exact) mass is 375 g/mol. The number of amides is 1. The molecule has 2 heterocycles. The molecular formula is C18H18FN3O5. The lowest BCUT2D eigenvalue weighted by Crippen LogP contribution is -2.53. The maximum Gasteiger partial charge on any atom is 0.305 e. The van der Waals surface area contributed by atoms with Crippen molar-refractivity contribution >= 4 is 11.9 Å². The number of aliphatic carboxylic acids is 1. The van der Waals surface area contributed by atoms with E-state index < -0.39 is 28.8 Å². The largest absolute Gasteiger partial charge is 0.481 e. The molecule has 1 aromatic carbocycles. The summed E-state index contributed by atoms with van der Waals surface area (Å²) < 4.78 is 19.3. The minimum atomic E-state index is -1.03. The molecule has 1 aliphatic heterocycles. The molecule has 0 bridgehead atoms. The van der Waals surface area contributed by atoms with Gasteiger partial charge in [0.25, 0.3) is 11.5 Å². The van der Waals surface area contributed by atoms with Crippen LogP contribution in [0.25, 0.3) is 5.69 Å². The first-order valence-electron chi connectivity index (χ1n) is 8.37. The van der Waals surface area contributed by atoms with Gasteiger partial charge in [-0.3, -0.25) is 14.4 Å². The van der Waals surface area contributed by atoms with Gasteiger partial charge in [-0.1, -0.05) is 0 Å². The number of nitrogens with one attached hydrogen (secondary N) is 1. The maximum atomic E-state index is 13.1. The standard InChI is InChI=1S/C18H18FN3O5/c19-12-1-3-13(4-2-12)22-15(23)6-5-14(21-22)17(26)20-18(11-16(24)25)7-9-27-10-8-18/h1-6H,7-11H2,(H,20,26)(H,24,25). The number of carboxylic acid groups (broad SMARTS) is 1. The van der Waals surface area contributed by atoms with E-state index in [1.165, 1.54) is 36.4 Å². The molecule has 2 N–H and O–H groups in total. The lowest BCUT2D eigenvalue weighted by atomic mass is 9.86. The van der Waals surface area contributed by atoms with E-state index in [0.717, 1.165) is 4.68 Å². The molecule has 142 valence electrons. The van der Waals surface area contributed by atoms with E-state index in [0.29, 0.717) is 31.7 Å². The highest BCUT2D eigenvalue weighted by atomic mass is 19.1. The van der Waals surface area contributed by atoms with Gasteiger partial charge in [-0.25, -0.2) is 4.39 Å². The highest BCUT2D eigenvalue weighted by molar-refractivity contribution is 5.93. The van der Waals surface area contributed by atoms with Crippen LogP contribution in [0.1, 0.15) is 29.8 Å². The Bertz CT molecular complexity index is 904. The Hall–Kier alpha value is -3.07. The van der Waals surface area contributed by atoms with E-state index in [2.05, 4.69) is 10.4 Å². The van der Waals surface area contributed by atoms with E-state index in [9.17, 15) is 23.9 Å². The van der Waals surface area contributed by atoms with Gasteiger partial charge in [-0.15, -0.1) is 0 Å². The number of hydrogen-bond donors (Lipinski definition) is 2. The first-order chi connectivity index (χ1) is 12.9. The smallest absolute Gasteiger partial charge is 0.305 e. The molecule has 1 fully saturated rings. The number of benzene rings is 1. The molecule has 0 saturated carbocycles. The SMILES string of the molecule is O=C(O)CC1(NC(=O)c2ccc(=O)n(-c3ccc(F)cc3)n2)CCOCC1. The molecule has 1 aromatic heterocycles. The minimum absolute atomic E-state index is 0.0461. The number of rotatable bonds is 5. The zero-order valence-corrected chi connectivity index (χ0v) is 14.4. The molecule has 27 heavy (non-hydrogen) atoms. The number of hydrogen-bond acceptors (Lipinski definition) is 5. The summed E-state index contributed by atoms with van der Waals surface area (Å²) in [4.78, 5) is 35.9. The first kappa shape index (κ1) is 18.7. The Kier molecular flexibility index (Phi) is 5.31. The van der Waals surface area contributed by atoms with Gasteiger partial charge in [0, 0.05) is 19.3 Å². The van der Waals surface area contributed by atoms with Gasteiger partial charge in [-0.05, 0) is 43.2 Å². The summed E-state index contributed by atoms with van der Waals surface area (Å²) in [5.74, 6) is -2.08. The van der Waals surface area contributed by atoms with Crippen LogP contribution in [-0.2, 0) is 9.53 Å². The summed E-state index contributed by atoms with van der Waals surface area (Å²) in [7, 11) is 0. The number of carbonyl (C=O) groups excluding carboxylic acids is 1. The van der Waals surface area contributed by atoms with Crippen LogP contribution >= 0.6 is 0 Å². The molecule has 8 nitrogen and oxygen atoms in total. The zero-order valence-electron chi connectivity index (χ0n) is 14.4. The summed E-state index contributed by atoms with van der Waals surface area (Å²) in [6, 6.07) is 7.55. The van der Waals surface area contributed by atoms with Crippen molar-refractivity contribution in [3.05, 3.63) is 58.3 Å². The summed E-state index contributed by atoms with van der Waals surface area (Å²) in [5.41, 5.74) is -1.15. The Morgan fingerprint density at radius 2 is 1.85 bits per heavy atom. The topological polar surface area (TPSA) is 111 Å². The summed E-state index contributed by atoms with van der Waals surface area (Å²) in [6.07, 6.45) is 0.491. The fraction of sp³-hybridized carbons (Fsp3) is 0.333. The second-order valence-corrected chi connectivity index (χ2v) is 6.36. The van der Waals surface area contributed by atoms with Crippen molar-refractivity contribution in [3.8, 4) is 5.69 Å². The van der Waals surface area contributed by atoms with E-state index in [1.54, 1.807) is 0 Å². The molecule has 1 amide bonds. The van der Waals surface area contributed by atoms with E-state index >= 15 is 0 Å². The molecule has 0 atom stereocenters. The van der Waals surface area contributed by atoms with Crippen LogP contribution in [0.3, 0.4) is 0 Å². The first-order valence-corrected chi connectivity index (χ1v) is 8.37. The number of nitrogens with zero attached hydrogens (tertiary/aromatic N) is 2. The molecule has 2 aromatic rings. The van der Waals surface area contributed by atoms with Crippen molar-refractivity contribution in [2.45, 2.75) is 24.8 Å². The Morgan fingerprint density at radius 3 is 2.48 bits per heavy atom. The number of ether oxygens (including phenoxy) is 1. The quantitative estimate of drug-likeness (QED) is 0.810. The maximum absolute atomic E-state index is 13.1. The predicted octanol–water partition coefficient (Wildman–Crippen LogP) is 1.13. The third kappa shape index (κ3) is 4.37. The van der Waals surface area contributed by atoms with Gasteiger partial charge in [0.1, 0.15) is 11.5 Å². The average molecular weight is 375 g/mol. The van der Waals surface area contributed by atoms with Crippen molar-refractivity contribution in [2.75, 3.05) is 13.2 Å². The highest BCUT2D eigenvalue weighted by Gasteiger charge is 2.37.